The summed E-state index contributed by atoms with van der Waals surface area (Å²) in [6.07, 6.45) is 1.70. The van der Waals surface area contributed by atoms with Gasteiger partial charge in [-0.25, -0.2) is 10.9 Å². The summed E-state index contributed by atoms with van der Waals surface area (Å²) in [5.41, 5.74) is 30.3. The molecule has 0 aromatic heterocycles. The lowest BCUT2D eigenvalue weighted by molar-refractivity contribution is -0.138. The number of amides is 2. The molecule has 2 aromatic carbocycles. The van der Waals surface area contributed by atoms with E-state index in [-0.39, 0.29) is 30.6 Å². The van der Waals surface area contributed by atoms with Crippen molar-refractivity contribution in [2.24, 2.45) is 28.9 Å². The molecular weight excluding hydrogens is 600 g/mol. The van der Waals surface area contributed by atoms with E-state index in [9.17, 15) is 19.2 Å². The summed E-state index contributed by atoms with van der Waals surface area (Å²) < 4.78 is 0. The highest BCUT2D eigenvalue weighted by atomic mass is 16.2. The molecule has 2 amide bonds. The van der Waals surface area contributed by atoms with Crippen LogP contribution in [0, 0.1) is 11.3 Å². The fourth-order valence-corrected chi connectivity index (χ4v) is 4.77. The maximum absolute atomic E-state index is 13.6. The van der Waals surface area contributed by atoms with Crippen LogP contribution >= 0.6 is 0 Å². The molecule has 0 aliphatic carbocycles. The molecule has 0 spiro atoms. The molecule has 14 nitrogen and oxygen atoms in total. The third-order valence-corrected chi connectivity index (χ3v) is 7.52. The van der Waals surface area contributed by atoms with Crippen LogP contribution in [-0.2, 0) is 32.1 Å². The number of Topliss-reactive ketones (excluding diaryl/α,β-unsaturated/α-hetero) is 2. The smallest absolute Gasteiger partial charge is 0.242 e. The predicted molar refractivity (Wildman–Crippen MR) is 182 cm³/mol. The number of amidine groups is 1. The van der Waals surface area contributed by atoms with E-state index in [0.29, 0.717) is 50.8 Å². The molecule has 14 N–H and O–H groups in total. The van der Waals surface area contributed by atoms with Gasteiger partial charge in [-0.05, 0) is 55.8 Å². The van der Waals surface area contributed by atoms with Crippen LogP contribution in [0.2, 0.25) is 0 Å². The number of hydrogen-bond donors (Lipinski definition) is 10. The molecule has 0 unspecified atom stereocenters. The second-order valence-electron chi connectivity index (χ2n) is 11.8. The molecule has 0 heterocycles. The number of ketones is 2. The first-order valence-electron chi connectivity index (χ1n) is 16.0. The Morgan fingerprint density at radius 3 is 2.06 bits per heavy atom. The summed E-state index contributed by atoms with van der Waals surface area (Å²) in [6, 6.07) is 13.3. The molecule has 2 rings (SSSR count). The first kappa shape index (κ1) is 39.1. The van der Waals surface area contributed by atoms with Crippen molar-refractivity contribution in [1.82, 2.24) is 26.8 Å². The normalized spacial score (nSPS) is 13.2. The summed E-state index contributed by atoms with van der Waals surface area (Å²) in [7, 11) is 0. The third kappa shape index (κ3) is 14.5. The number of carbonyl (C=O) groups is 4. The van der Waals surface area contributed by atoms with Gasteiger partial charge in [-0.15, -0.1) is 0 Å². The Kier molecular flexibility index (Phi) is 17.4. The molecule has 0 aliphatic heterocycles. The average Bonchev–Trinajstić information content (AvgIpc) is 3.04. The number of hydrazine groups is 1. The van der Waals surface area contributed by atoms with E-state index < -0.39 is 41.9 Å². The number of nitrogen functional groups attached to an aromatic ring is 1. The van der Waals surface area contributed by atoms with Crippen LogP contribution in [0.15, 0.2) is 54.6 Å². The standard InChI is InChI=1S/C33H52N10O4/c1-21(2)28(43-42-25(11-6-7-17-34)29(45)27(44)19-22-9-4-3-5-10-22)32(47)41-26(12-8-18-39-33(37)38)31(46)40-20-23-13-15-24(16-14-23)30(35)36/h3-5,9-10,13-16,21,25-26,28,33,39,42-43H,6-8,11-12,17-20,34,37-38H2,1-2H3,(H3,35,36)(H,40,46)(H,41,47)/t25-,26-,28-/m0/s1. The lowest BCUT2D eigenvalue weighted by atomic mass is 9.98. The zero-order chi connectivity index (χ0) is 34.8. The van der Waals surface area contributed by atoms with Gasteiger partial charge in [-0.2, -0.15) is 0 Å². The van der Waals surface area contributed by atoms with Gasteiger partial charge in [0.05, 0.1) is 6.04 Å². The van der Waals surface area contributed by atoms with Gasteiger partial charge in [0.1, 0.15) is 24.2 Å². The molecule has 0 fully saturated rings. The second-order valence-corrected chi connectivity index (χ2v) is 11.8. The first-order chi connectivity index (χ1) is 22.4. The van der Waals surface area contributed by atoms with Crippen molar-refractivity contribution < 1.29 is 19.2 Å². The van der Waals surface area contributed by atoms with Crippen molar-refractivity contribution in [1.29, 1.82) is 5.41 Å². The lowest BCUT2D eigenvalue weighted by Crippen LogP contribution is -2.60. The van der Waals surface area contributed by atoms with Crippen molar-refractivity contribution >= 4 is 29.2 Å². The Hall–Kier alpha value is -4.05. The number of hydrogen-bond acceptors (Lipinski definition) is 11. The lowest BCUT2D eigenvalue weighted by Gasteiger charge is -2.27. The zero-order valence-electron chi connectivity index (χ0n) is 27.4. The van der Waals surface area contributed by atoms with Crippen LogP contribution in [0.5, 0.6) is 0 Å². The minimum Gasteiger partial charge on any atom is -0.384 e. The van der Waals surface area contributed by atoms with Gasteiger partial charge in [0.2, 0.25) is 23.4 Å². The Morgan fingerprint density at radius 2 is 1.47 bits per heavy atom. The molecule has 258 valence electrons. The van der Waals surface area contributed by atoms with Gasteiger partial charge in [0, 0.05) is 18.5 Å². The monoisotopic (exact) mass is 652 g/mol. The van der Waals surface area contributed by atoms with E-state index in [4.69, 9.17) is 28.3 Å². The third-order valence-electron chi connectivity index (χ3n) is 7.52. The van der Waals surface area contributed by atoms with E-state index in [0.717, 1.165) is 11.1 Å². The Balaban J connectivity index is 2.11. The number of carbonyl (C=O) groups excluding carboxylic acids is 4. The van der Waals surface area contributed by atoms with Crippen molar-refractivity contribution in [2.45, 2.75) is 83.3 Å². The molecule has 2 aromatic rings. The summed E-state index contributed by atoms with van der Waals surface area (Å²) in [5, 5.41) is 16.1. The van der Waals surface area contributed by atoms with E-state index >= 15 is 0 Å². The fourth-order valence-electron chi connectivity index (χ4n) is 4.77. The van der Waals surface area contributed by atoms with Crippen LogP contribution in [0.25, 0.3) is 0 Å². The Morgan fingerprint density at radius 1 is 0.809 bits per heavy atom. The number of nitrogens with one attached hydrogen (secondary N) is 6. The average molecular weight is 653 g/mol. The van der Waals surface area contributed by atoms with E-state index in [1.807, 2.05) is 32.0 Å². The van der Waals surface area contributed by atoms with Crippen LogP contribution in [-0.4, -0.2) is 66.7 Å². The van der Waals surface area contributed by atoms with Gasteiger partial charge in [-0.1, -0.05) is 74.9 Å². The molecule has 0 bridgehead atoms. The molecule has 0 saturated heterocycles. The predicted octanol–water partition coefficient (Wildman–Crippen LogP) is -0.360. The Labute approximate surface area is 277 Å². The number of benzene rings is 2. The maximum atomic E-state index is 13.6. The summed E-state index contributed by atoms with van der Waals surface area (Å²) in [6.45, 7) is 4.74. The molecule has 0 saturated carbocycles. The number of rotatable bonds is 23. The van der Waals surface area contributed by atoms with Crippen LogP contribution in [0.1, 0.15) is 62.6 Å². The van der Waals surface area contributed by atoms with Crippen molar-refractivity contribution in [2.75, 3.05) is 13.1 Å². The molecule has 0 radical (unpaired) electrons. The zero-order valence-corrected chi connectivity index (χ0v) is 27.4. The van der Waals surface area contributed by atoms with Gasteiger partial charge in [0.25, 0.3) is 0 Å². The summed E-state index contributed by atoms with van der Waals surface area (Å²) in [5.74, 6) is -2.26. The fraction of sp³-hybridized carbons (Fsp3) is 0.485. The minimum atomic E-state index is -0.882. The van der Waals surface area contributed by atoms with Crippen molar-refractivity contribution in [3.63, 3.8) is 0 Å². The topological polar surface area (TPSA) is 256 Å². The van der Waals surface area contributed by atoms with Gasteiger partial charge in [0.15, 0.2) is 0 Å². The van der Waals surface area contributed by atoms with Gasteiger partial charge < -0.3 is 33.6 Å². The Bertz CT molecular complexity index is 1290. The molecule has 14 heteroatoms. The maximum Gasteiger partial charge on any atom is 0.242 e. The first-order valence-corrected chi connectivity index (χ1v) is 16.0. The van der Waals surface area contributed by atoms with Gasteiger partial charge in [-0.3, -0.25) is 29.9 Å². The quantitative estimate of drug-likeness (QED) is 0.0185. The van der Waals surface area contributed by atoms with Gasteiger partial charge >= 0.3 is 0 Å². The SMILES string of the molecule is CC(C)[C@H](NN[C@@H](CCCCN)C(=O)C(=O)Cc1ccccc1)C(=O)N[C@@H](CCCNC(N)N)C(=O)NCc1ccc(C(=N)N)cc1. The molecule has 0 aliphatic rings. The van der Waals surface area contributed by atoms with Crippen LogP contribution in [0.3, 0.4) is 0 Å². The number of unbranched alkanes of at least 4 members (excludes halogenated alkanes) is 1. The highest BCUT2D eigenvalue weighted by Gasteiger charge is 2.30. The minimum absolute atomic E-state index is 0.0234. The van der Waals surface area contributed by atoms with E-state index in [1.54, 1.807) is 36.4 Å². The second kappa shape index (κ2) is 20.9. The van der Waals surface area contributed by atoms with Crippen molar-refractivity contribution in [3.8, 4) is 0 Å². The van der Waals surface area contributed by atoms with Crippen LogP contribution in [0.4, 0.5) is 0 Å². The molecular formula is C33H52N10O4. The highest BCUT2D eigenvalue weighted by Crippen LogP contribution is 2.09. The number of nitrogens with two attached hydrogens (primary N) is 4. The van der Waals surface area contributed by atoms with Crippen molar-refractivity contribution in [3.05, 3.63) is 71.3 Å². The molecule has 47 heavy (non-hydrogen) atoms. The van der Waals surface area contributed by atoms with E-state index in [1.165, 1.54) is 0 Å². The van der Waals surface area contributed by atoms with E-state index in [2.05, 4.69) is 26.8 Å². The van der Waals surface area contributed by atoms with Crippen LogP contribution < -0.4 is 49.7 Å². The summed E-state index contributed by atoms with van der Waals surface area (Å²) in [4.78, 5) is 53.0. The largest absolute Gasteiger partial charge is 0.384 e. The highest BCUT2D eigenvalue weighted by molar-refractivity contribution is 6.39. The molecule has 3 atom stereocenters. The summed E-state index contributed by atoms with van der Waals surface area (Å²) >= 11 is 0.